The fourth-order valence-electron chi connectivity index (χ4n) is 2.37. The van der Waals surface area contributed by atoms with Crippen LogP contribution in [0.25, 0.3) is 0 Å². The summed E-state index contributed by atoms with van der Waals surface area (Å²) < 4.78 is 0. The molecule has 0 unspecified atom stereocenters. The SMILES string of the molecule is CC1(C)CCCN(c2cccnc2C#N)C1. The van der Waals surface area contributed by atoms with Crippen LogP contribution >= 0.6 is 0 Å². The zero-order valence-corrected chi connectivity index (χ0v) is 9.90. The third kappa shape index (κ3) is 2.16. The fourth-order valence-corrected chi connectivity index (χ4v) is 2.37. The Morgan fingerprint density at radius 2 is 2.31 bits per heavy atom. The van der Waals surface area contributed by atoms with E-state index in [1.165, 1.54) is 12.8 Å². The van der Waals surface area contributed by atoms with Gasteiger partial charge in [-0.1, -0.05) is 13.8 Å². The smallest absolute Gasteiger partial charge is 0.163 e. The maximum atomic E-state index is 9.04. The molecule has 0 spiro atoms. The van der Waals surface area contributed by atoms with E-state index in [1.807, 2.05) is 12.1 Å². The zero-order chi connectivity index (χ0) is 11.6. The molecule has 0 bridgehead atoms. The van der Waals surface area contributed by atoms with E-state index in [-0.39, 0.29) is 0 Å². The molecule has 1 aromatic rings. The zero-order valence-electron chi connectivity index (χ0n) is 9.90. The van der Waals surface area contributed by atoms with E-state index in [9.17, 15) is 0 Å². The Labute approximate surface area is 96.7 Å². The van der Waals surface area contributed by atoms with E-state index in [2.05, 4.69) is 29.8 Å². The van der Waals surface area contributed by atoms with Crippen LogP contribution in [-0.4, -0.2) is 18.1 Å². The van der Waals surface area contributed by atoms with Gasteiger partial charge >= 0.3 is 0 Å². The number of pyridine rings is 1. The van der Waals surface area contributed by atoms with Crippen LogP contribution in [0.2, 0.25) is 0 Å². The number of rotatable bonds is 1. The Balaban J connectivity index is 2.27. The molecule has 1 saturated heterocycles. The monoisotopic (exact) mass is 215 g/mol. The lowest BCUT2D eigenvalue weighted by Gasteiger charge is -2.39. The quantitative estimate of drug-likeness (QED) is 0.723. The molecule has 2 rings (SSSR count). The second kappa shape index (κ2) is 4.13. The largest absolute Gasteiger partial charge is 0.369 e. The average molecular weight is 215 g/mol. The third-order valence-electron chi connectivity index (χ3n) is 3.13. The average Bonchev–Trinajstić information content (AvgIpc) is 2.27. The van der Waals surface area contributed by atoms with Crippen LogP contribution < -0.4 is 4.90 Å². The first-order valence-corrected chi connectivity index (χ1v) is 5.72. The lowest BCUT2D eigenvalue weighted by Crippen LogP contribution is -2.40. The van der Waals surface area contributed by atoms with E-state index in [0.29, 0.717) is 11.1 Å². The van der Waals surface area contributed by atoms with Crippen LogP contribution in [0.5, 0.6) is 0 Å². The highest BCUT2D eigenvalue weighted by atomic mass is 15.2. The first kappa shape index (κ1) is 10.9. The molecule has 0 aromatic carbocycles. The van der Waals surface area contributed by atoms with Gasteiger partial charge in [-0.15, -0.1) is 0 Å². The van der Waals surface area contributed by atoms with Gasteiger partial charge < -0.3 is 4.90 Å². The second-order valence-electron chi connectivity index (χ2n) is 5.17. The number of hydrogen-bond donors (Lipinski definition) is 0. The molecule has 0 atom stereocenters. The van der Waals surface area contributed by atoms with Crippen molar-refractivity contribution in [2.75, 3.05) is 18.0 Å². The number of aromatic nitrogens is 1. The summed E-state index contributed by atoms with van der Waals surface area (Å²) in [5, 5.41) is 9.04. The molecule has 1 fully saturated rings. The predicted octanol–water partition coefficient (Wildman–Crippen LogP) is 2.58. The minimum absolute atomic E-state index is 0.334. The van der Waals surface area contributed by atoms with Crippen molar-refractivity contribution < 1.29 is 0 Å². The molecule has 3 nitrogen and oxygen atoms in total. The van der Waals surface area contributed by atoms with Crippen molar-refractivity contribution in [3.8, 4) is 6.07 Å². The summed E-state index contributed by atoms with van der Waals surface area (Å²) in [6, 6.07) is 6.06. The topological polar surface area (TPSA) is 39.9 Å². The van der Waals surface area contributed by atoms with Crippen molar-refractivity contribution in [1.82, 2.24) is 4.98 Å². The molecule has 0 amide bonds. The lowest BCUT2D eigenvalue weighted by molar-refractivity contribution is 0.293. The molecular weight excluding hydrogens is 198 g/mol. The Hall–Kier alpha value is -1.56. The van der Waals surface area contributed by atoms with Crippen LogP contribution in [0.3, 0.4) is 0 Å². The fraction of sp³-hybridized carbons (Fsp3) is 0.538. The van der Waals surface area contributed by atoms with E-state index < -0.39 is 0 Å². The molecule has 0 saturated carbocycles. The lowest BCUT2D eigenvalue weighted by atomic mass is 9.84. The normalized spacial score (nSPS) is 19.2. The van der Waals surface area contributed by atoms with Crippen LogP contribution in [0.4, 0.5) is 5.69 Å². The third-order valence-corrected chi connectivity index (χ3v) is 3.13. The number of hydrogen-bond acceptors (Lipinski definition) is 3. The highest BCUT2D eigenvalue weighted by Gasteiger charge is 2.27. The van der Waals surface area contributed by atoms with Crippen molar-refractivity contribution >= 4 is 5.69 Å². The maximum Gasteiger partial charge on any atom is 0.163 e. The Morgan fingerprint density at radius 3 is 3.00 bits per heavy atom. The summed E-state index contributed by atoms with van der Waals surface area (Å²) in [6.07, 6.45) is 4.12. The van der Waals surface area contributed by atoms with Gasteiger partial charge in [-0.05, 0) is 30.4 Å². The minimum atomic E-state index is 0.334. The minimum Gasteiger partial charge on any atom is -0.369 e. The van der Waals surface area contributed by atoms with Crippen molar-refractivity contribution in [2.24, 2.45) is 5.41 Å². The van der Waals surface area contributed by atoms with Crippen molar-refractivity contribution in [3.05, 3.63) is 24.0 Å². The summed E-state index contributed by atoms with van der Waals surface area (Å²) in [7, 11) is 0. The maximum absolute atomic E-state index is 9.04. The van der Waals surface area contributed by atoms with Gasteiger partial charge in [-0.25, -0.2) is 4.98 Å². The molecule has 3 heteroatoms. The molecule has 1 aliphatic rings. The number of nitrogens with zero attached hydrogens (tertiary/aromatic N) is 3. The van der Waals surface area contributed by atoms with Crippen molar-refractivity contribution in [1.29, 1.82) is 5.26 Å². The van der Waals surface area contributed by atoms with Crippen LogP contribution in [-0.2, 0) is 0 Å². The molecule has 0 aliphatic carbocycles. The summed E-state index contributed by atoms with van der Waals surface area (Å²) in [6.45, 7) is 6.60. The molecule has 84 valence electrons. The van der Waals surface area contributed by atoms with Crippen LogP contribution in [0, 0.1) is 16.7 Å². The predicted molar refractivity (Wildman–Crippen MR) is 64.2 cm³/mol. The Morgan fingerprint density at radius 1 is 1.50 bits per heavy atom. The summed E-state index contributed by atoms with van der Waals surface area (Å²) >= 11 is 0. The molecule has 1 aliphatic heterocycles. The molecule has 2 heterocycles. The molecule has 0 N–H and O–H groups in total. The first-order chi connectivity index (χ1) is 7.62. The van der Waals surface area contributed by atoms with E-state index in [4.69, 9.17) is 5.26 Å². The van der Waals surface area contributed by atoms with Gasteiger partial charge in [0.05, 0.1) is 5.69 Å². The van der Waals surface area contributed by atoms with E-state index in [1.54, 1.807) is 6.20 Å². The van der Waals surface area contributed by atoms with Crippen molar-refractivity contribution in [2.45, 2.75) is 26.7 Å². The number of nitriles is 1. The van der Waals surface area contributed by atoms with Gasteiger partial charge in [0, 0.05) is 19.3 Å². The molecule has 0 radical (unpaired) electrons. The summed E-state index contributed by atoms with van der Waals surface area (Å²) in [5.74, 6) is 0. The Kier molecular flexibility index (Phi) is 2.82. The second-order valence-corrected chi connectivity index (χ2v) is 5.17. The molecular formula is C13H17N3. The highest BCUT2D eigenvalue weighted by molar-refractivity contribution is 5.56. The van der Waals surface area contributed by atoms with Gasteiger partial charge in [0.1, 0.15) is 6.07 Å². The van der Waals surface area contributed by atoms with E-state index >= 15 is 0 Å². The van der Waals surface area contributed by atoms with Crippen molar-refractivity contribution in [3.63, 3.8) is 0 Å². The molecule has 16 heavy (non-hydrogen) atoms. The van der Waals surface area contributed by atoms with Crippen LogP contribution in [0.1, 0.15) is 32.4 Å². The van der Waals surface area contributed by atoms with Gasteiger partial charge in [0.2, 0.25) is 0 Å². The van der Waals surface area contributed by atoms with Gasteiger partial charge in [0.15, 0.2) is 5.69 Å². The van der Waals surface area contributed by atoms with Gasteiger partial charge in [0.25, 0.3) is 0 Å². The Bertz CT molecular complexity index is 417. The van der Waals surface area contributed by atoms with Gasteiger partial charge in [-0.3, -0.25) is 0 Å². The molecule has 1 aromatic heterocycles. The summed E-state index contributed by atoms with van der Waals surface area (Å²) in [4.78, 5) is 6.40. The summed E-state index contributed by atoms with van der Waals surface area (Å²) in [5.41, 5.74) is 1.86. The number of piperidine rings is 1. The van der Waals surface area contributed by atoms with Crippen LogP contribution in [0.15, 0.2) is 18.3 Å². The first-order valence-electron chi connectivity index (χ1n) is 5.72. The van der Waals surface area contributed by atoms with E-state index in [0.717, 1.165) is 18.8 Å². The highest BCUT2D eigenvalue weighted by Crippen LogP contribution is 2.32. The number of anilines is 1. The van der Waals surface area contributed by atoms with Gasteiger partial charge in [-0.2, -0.15) is 5.26 Å². The standard InChI is InChI=1S/C13H17N3/c1-13(2)6-4-8-16(10-13)12-5-3-7-15-11(12)9-14/h3,5,7H,4,6,8,10H2,1-2H3.